The first-order valence-electron chi connectivity index (χ1n) is 8.49. The lowest BCUT2D eigenvalue weighted by Crippen LogP contribution is -3.11. The van der Waals surface area contributed by atoms with E-state index < -0.39 is 0 Å². The van der Waals surface area contributed by atoms with E-state index in [0.717, 1.165) is 18.2 Å². The van der Waals surface area contributed by atoms with Gasteiger partial charge in [-0.05, 0) is 43.0 Å². The fourth-order valence-corrected chi connectivity index (χ4v) is 3.13. The molecule has 1 saturated heterocycles. The number of anilines is 1. The minimum atomic E-state index is -0.0538. The highest BCUT2D eigenvalue weighted by Gasteiger charge is 2.18. The maximum atomic E-state index is 12.2. The Morgan fingerprint density at radius 3 is 2.35 bits per heavy atom. The molecule has 0 radical (unpaired) electrons. The fraction of sp³-hybridized carbons (Fsp3) is 0.350. The van der Waals surface area contributed by atoms with Crippen LogP contribution in [-0.4, -0.2) is 19.0 Å². The molecule has 2 N–H and O–H groups in total. The molecule has 120 valence electrons. The molecule has 0 atom stereocenters. The number of carbonyl (C=O) groups excluding carboxylic acids is 1. The monoisotopic (exact) mass is 309 g/mol. The number of para-hydroxylation sites is 1. The van der Waals surface area contributed by atoms with Gasteiger partial charge >= 0.3 is 0 Å². The summed E-state index contributed by atoms with van der Waals surface area (Å²) in [6, 6.07) is 17.6. The zero-order valence-electron chi connectivity index (χ0n) is 13.7. The van der Waals surface area contributed by atoms with Crippen molar-refractivity contribution in [2.45, 2.75) is 26.3 Å². The van der Waals surface area contributed by atoms with Gasteiger partial charge in [0.05, 0.1) is 13.1 Å². The van der Waals surface area contributed by atoms with E-state index in [0.29, 0.717) is 5.56 Å². The number of piperidine rings is 1. The smallest absolute Gasteiger partial charge is 0.255 e. The summed E-state index contributed by atoms with van der Waals surface area (Å²) in [6.07, 6.45) is 2.65. The van der Waals surface area contributed by atoms with Crippen molar-refractivity contribution in [1.82, 2.24) is 0 Å². The Morgan fingerprint density at radius 2 is 1.70 bits per heavy atom. The van der Waals surface area contributed by atoms with Crippen molar-refractivity contribution < 1.29 is 9.69 Å². The molecule has 1 amide bonds. The number of benzene rings is 2. The average molecular weight is 309 g/mol. The van der Waals surface area contributed by atoms with Crippen LogP contribution in [0.15, 0.2) is 54.6 Å². The van der Waals surface area contributed by atoms with Crippen LogP contribution in [0.2, 0.25) is 0 Å². The molecule has 0 aliphatic carbocycles. The van der Waals surface area contributed by atoms with Gasteiger partial charge in [0.15, 0.2) is 0 Å². The molecule has 0 bridgehead atoms. The molecule has 0 spiro atoms. The van der Waals surface area contributed by atoms with Gasteiger partial charge in [-0.15, -0.1) is 0 Å². The SMILES string of the molecule is CC1CC[NH+](Cc2ccc(C(=O)Nc3ccccc3)cc2)CC1. The van der Waals surface area contributed by atoms with E-state index in [1.807, 2.05) is 42.5 Å². The van der Waals surface area contributed by atoms with Gasteiger partial charge in [-0.2, -0.15) is 0 Å². The average Bonchev–Trinajstić information content (AvgIpc) is 2.58. The second-order valence-electron chi connectivity index (χ2n) is 6.63. The Morgan fingerprint density at radius 1 is 1.04 bits per heavy atom. The summed E-state index contributed by atoms with van der Waals surface area (Å²) in [6.45, 7) is 5.93. The van der Waals surface area contributed by atoms with Gasteiger partial charge in [0.1, 0.15) is 6.54 Å². The molecule has 1 aliphatic rings. The normalized spacial score (nSPS) is 20.9. The lowest BCUT2D eigenvalue weighted by Gasteiger charge is -2.27. The third-order valence-corrected chi connectivity index (χ3v) is 4.68. The molecule has 0 unspecified atom stereocenters. The summed E-state index contributed by atoms with van der Waals surface area (Å²) in [5, 5.41) is 2.92. The summed E-state index contributed by atoms with van der Waals surface area (Å²) >= 11 is 0. The number of hydrogen-bond donors (Lipinski definition) is 2. The van der Waals surface area contributed by atoms with E-state index in [2.05, 4.69) is 24.4 Å². The van der Waals surface area contributed by atoms with Gasteiger partial charge in [-0.1, -0.05) is 37.3 Å². The van der Waals surface area contributed by atoms with E-state index in [1.165, 1.54) is 31.5 Å². The van der Waals surface area contributed by atoms with Gasteiger partial charge < -0.3 is 10.2 Å². The molecule has 2 aromatic rings. The lowest BCUT2D eigenvalue weighted by molar-refractivity contribution is -0.919. The van der Waals surface area contributed by atoms with Gasteiger partial charge in [0.2, 0.25) is 0 Å². The number of hydrogen-bond acceptors (Lipinski definition) is 1. The molecular formula is C20H25N2O+. The minimum Gasteiger partial charge on any atom is -0.331 e. The molecule has 23 heavy (non-hydrogen) atoms. The Hall–Kier alpha value is -2.13. The Bertz CT molecular complexity index is 628. The fourth-order valence-electron chi connectivity index (χ4n) is 3.13. The van der Waals surface area contributed by atoms with E-state index in [9.17, 15) is 4.79 Å². The largest absolute Gasteiger partial charge is 0.331 e. The van der Waals surface area contributed by atoms with Gasteiger partial charge in [-0.25, -0.2) is 0 Å². The Labute approximate surface area is 138 Å². The van der Waals surface area contributed by atoms with Crippen molar-refractivity contribution >= 4 is 11.6 Å². The van der Waals surface area contributed by atoms with Crippen LogP contribution in [0.5, 0.6) is 0 Å². The van der Waals surface area contributed by atoms with Crippen LogP contribution in [0.3, 0.4) is 0 Å². The number of amides is 1. The number of rotatable bonds is 4. The van der Waals surface area contributed by atoms with Crippen LogP contribution in [0, 0.1) is 5.92 Å². The van der Waals surface area contributed by atoms with E-state index in [-0.39, 0.29) is 5.91 Å². The van der Waals surface area contributed by atoms with Crippen LogP contribution in [0.1, 0.15) is 35.7 Å². The maximum absolute atomic E-state index is 12.2. The van der Waals surface area contributed by atoms with Gasteiger partial charge in [0, 0.05) is 16.8 Å². The predicted octanol–water partition coefficient (Wildman–Crippen LogP) is 2.75. The van der Waals surface area contributed by atoms with Crippen molar-refractivity contribution in [3.05, 3.63) is 65.7 Å². The molecule has 0 aromatic heterocycles. The summed E-state index contributed by atoms with van der Waals surface area (Å²) in [5.41, 5.74) is 2.85. The third kappa shape index (κ3) is 4.42. The van der Waals surface area contributed by atoms with Crippen molar-refractivity contribution in [3.8, 4) is 0 Å². The first-order valence-corrected chi connectivity index (χ1v) is 8.49. The summed E-state index contributed by atoms with van der Waals surface area (Å²) in [4.78, 5) is 13.9. The van der Waals surface area contributed by atoms with Crippen molar-refractivity contribution in [1.29, 1.82) is 0 Å². The lowest BCUT2D eigenvalue weighted by atomic mass is 9.99. The predicted molar refractivity (Wildman–Crippen MR) is 93.6 cm³/mol. The van der Waals surface area contributed by atoms with Crippen molar-refractivity contribution in [2.24, 2.45) is 5.92 Å². The molecule has 3 rings (SSSR count). The van der Waals surface area contributed by atoms with Crippen LogP contribution < -0.4 is 10.2 Å². The molecule has 1 aliphatic heterocycles. The molecular weight excluding hydrogens is 284 g/mol. The minimum absolute atomic E-state index is 0.0538. The quantitative estimate of drug-likeness (QED) is 0.894. The zero-order valence-corrected chi connectivity index (χ0v) is 13.7. The summed E-state index contributed by atoms with van der Waals surface area (Å²) in [5.74, 6) is 0.824. The van der Waals surface area contributed by atoms with Gasteiger partial charge in [0.25, 0.3) is 5.91 Å². The van der Waals surface area contributed by atoms with E-state index in [4.69, 9.17) is 0 Å². The standard InChI is InChI=1S/C20H24N2O/c1-16-11-13-22(14-12-16)15-17-7-9-18(10-8-17)20(23)21-19-5-3-2-4-6-19/h2-10,16H,11-15H2,1H3,(H,21,23)/p+1. The third-order valence-electron chi connectivity index (χ3n) is 4.68. The second kappa shape index (κ2) is 7.42. The van der Waals surface area contributed by atoms with Gasteiger partial charge in [-0.3, -0.25) is 4.79 Å². The Kier molecular flexibility index (Phi) is 5.09. The van der Waals surface area contributed by atoms with E-state index >= 15 is 0 Å². The Balaban J connectivity index is 1.57. The highest BCUT2D eigenvalue weighted by Crippen LogP contribution is 2.11. The number of carbonyl (C=O) groups is 1. The topological polar surface area (TPSA) is 33.5 Å². The first-order chi connectivity index (χ1) is 11.2. The highest BCUT2D eigenvalue weighted by atomic mass is 16.1. The molecule has 3 heteroatoms. The second-order valence-corrected chi connectivity index (χ2v) is 6.63. The van der Waals surface area contributed by atoms with Crippen LogP contribution >= 0.6 is 0 Å². The van der Waals surface area contributed by atoms with Crippen LogP contribution in [0.4, 0.5) is 5.69 Å². The number of nitrogens with one attached hydrogen (secondary N) is 2. The highest BCUT2D eigenvalue weighted by molar-refractivity contribution is 6.04. The number of quaternary nitrogens is 1. The number of likely N-dealkylation sites (tertiary alicyclic amines) is 1. The molecule has 1 fully saturated rings. The zero-order chi connectivity index (χ0) is 16.1. The molecule has 3 nitrogen and oxygen atoms in total. The molecule has 0 saturated carbocycles. The van der Waals surface area contributed by atoms with E-state index in [1.54, 1.807) is 4.90 Å². The summed E-state index contributed by atoms with van der Waals surface area (Å²) < 4.78 is 0. The van der Waals surface area contributed by atoms with Crippen LogP contribution in [0.25, 0.3) is 0 Å². The van der Waals surface area contributed by atoms with Crippen molar-refractivity contribution in [3.63, 3.8) is 0 Å². The van der Waals surface area contributed by atoms with Crippen LogP contribution in [-0.2, 0) is 6.54 Å². The summed E-state index contributed by atoms with van der Waals surface area (Å²) in [7, 11) is 0. The molecule has 1 heterocycles. The molecule has 2 aromatic carbocycles. The first kappa shape index (κ1) is 15.8. The maximum Gasteiger partial charge on any atom is 0.255 e. The van der Waals surface area contributed by atoms with Crippen molar-refractivity contribution in [2.75, 3.05) is 18.4 Å².